The van der Waals surface area contributed by atoms with E-state index in [0.29, 0.717) is 30.5 Å². The monoisotopic (exact) mass is 435 g/mol. The Morgan fingerprint density at radius 2 is 2.10 bits per heavy atom. The molecule has 0 radical (unpaired) electrons. The maximum atomic E-state index is 12.9. The van der Waals surface area contributed by atoms with Crippen molar-refractivity contribution in [1.29, 1.82) is 0 Å². The summed E-state index contributed by atoms with van der Waals surface area (Å²) in [5, 5.41) is 4.87. The SMILES string of the molecule is CC(C)c1cccc(N2CC(C(=O)Nc3ccccc3OCc3cscn3)CC2=O)c1. The summed E-state index contributed by atoms with van der Waals surface area (Å²) in [4.78, 5) is 31.5. The molecule has 2 aromatic carbocycles. The van der Waals surface area contributed by atoms with Crippen molar-refractivity contribution < 1.29 is 14.3 Å². The molecule has 7 heteroatoms. The molecule has 1 aromatic heterocycles. The Labute approximate surface area is 185 Å². The highest BCUT2D eigenvalue weighted by molar-refractivity contribution is 7.07. The van der Waals surface area contributed by atoms with Crippen molar-refractivity contribution in [3.05, 3.63) is 70.7 Å². The van der Waals surface area contributed by atoms with Gasteiger partial charge >= 0.3 is 0 Å². The van der Waals surface area contributed by atoms with Gasteiger partial charge in [-0.2, -0.15) is 0 Å². The van der Waals surface area contributed by atoms with Gasteiger partial charge in [0.25, 0.3) is 0 Å². The molecule has 0 aliphatic carbocycles. The number of benzene rings is 2. The molecular weight excluding hydrogens is 410 g/mol. The number of thiazole rings is 1. The Morgan fingerprint density at radius 1 is 1.26 bits per heavy atom. The molecule has 1 N–H and O–H groups in total. The van der Waals surface area contributed by atoms with E-state index in [1.54, 1.807) is 16.5 Å². The van der Waals surface area contributed by atoms with Gasteiger partial charge in [0.1, 0.15) is 12.4 Å². The highest BCUT2D eigenvalue weighted by Gasteiger charge is 2.35. The van der Waals surface area contributed by atoms with Crippen molar-refractivity contribution >= 4 is 34.5 Å². The van der Waals surface area contributed by atoms with Crippen LogP contribution >= 0.6 is 11.3 Å². The van der Waals surface area contributed by atoms with Gasteiger partial charge in [-0.3, -0.25) is 9.59 Å². The Kier molecular flexibility index (Phi) is 6.32. The van der Waals surface area contributed by atoms with Crippen molar-refractivity contribution in [2.45, 2.75) is 32.8 Å². The molecule has 1 saturated heterocycles. The number of hydrogen-bond donors (Lipinski definition) is 1. The lowest BCUT2D eigenvalue weighted by molar-refractivity contribution is -0.122. The average molecular weight is 436 g/mol. The third-order valence-corrected chi connectivity index (χ3v) is 5.98. The van der Waals surface area contributed by atoms with Gasteiger partial charge in [0.15, 0.2) is 0 Å². The predicted octanol–water partition coefficient (Wildman–Crippen LogP) is 4.84. The average Bonchev–Trinajstić information content (AvgIpc) is 3.43. The molecule has 1 unspecified atom stereocenters. The topological polar surface area (TPSA) is 71.5 Å². The molecular formula is C24H25N3O3S. The number of carbonyl (C=O) groups excluding carboxylic acids is 2. The minimum Gasteiger partial charge on any atom is -0.485 e. The minimum absolute atomic E-state index is 0.0332. The number of amides is 2. The van der Waals surface area contributed by atoms with E-state index in [2.05, 4.69) is 30.2 Å². The summed E-state index contributed by atoms with van der Waals surface area (Å²) in [5.41, 5.74) is 5.21. The first-order valence-electron chi connectivity index (χ1n) is 10.3. The van der Waals surface area contributed by atoms with E-state index < -0.39 is 5.92 Å². The molecule has 0 saturated carbocycles. The number of para-hydroxylation sites is 2. The number of anilines is 2. The van der Waals surface area contributed by atoms with Crippen molar-refractivity contribution in [2.24, 2.45) is 5.92 Å². The normalized spacial score (nSPS) is 16.0. The molecule has 31 heavy (non-hydrogen) atoms. The van der Waals surface area contributed by atoms with Crippen LogP contribution in [-0.4, -0.2) is 23.3 Å². The van der Waals surface area contributed by atoms with Crippen LogP contribution in [0.15, 0.2) is 59.4 Å². The largest absolute Gasteiger partial charge is 0.485 e. The third-order valence-electron chi connectivity index (χ3n) is 5.35. The van der Waals surface area contributed by atoms with Crippen LogP contribution in [0.5, 0.6) is 5.75 Å². The third kappa shape index (κ3) is 4.94. The standard InChI is InChI=1S/C24H25N3O3S/c1-16(2)17-6-5-7-20(10-17)27-12-18(11-23(27)28)24(29)26-21-8-3-4-9-22(21)30-13-19-14-31-15-25-19/h3-10,14-16,18H,11-13H2,1-2H3,(H,26,29). The van der Waals surface area contributed by atoms with Gasteiger partial charge in [-0.25, -0.2) is 4.98 Å². The van der Waals surface area contributed by atoms with Gasteiger partial charge in [-0.15, -0.1) is 11.3 Å². The number of ether oxygens (including phenoxy) is 1. The van der Waals surface area contributed by atoms with Crippen molar-refractivity contribution in [3.63, 3.8) is 0 Å². The molecule has 1 aliphatic heterocycles. The maximum absolute atomic E-state index is 12.9. The van der Waals surface area contributed by atoms with E-state index in [-0.39, 0.29) is 18.2 Å². The maximum Gasteiger partial charge on any atom is 0.229 e. The van der Waals surface area contributed by atoms with E-state index in [4.69, 9.17) is 4.74 Å². The first kappa shape index (κ1) is 21.1. The molecule has 3 aromatic rings. The second-order valence-corrected chi connectivity index (χ2v) is 8.63. The van der Waals surface area contributed by atoms with E-state index >= 15 is 0 Å². The Bertz CT molecular complexity index is 1070. The Hall–Kier alpha value is -3.19. The molecule has 4 rings (SSSR count). The summed E-state index contributed by atoms with van der Waals surface area (Å²) in [5.74, 6) is 0.323. The molecule has 1 atom stereocenters. The van der Waals surface area contributed by atoms with Crippen LogP contribution in [0.2, 0.25) is 0 Å². The fourth-order valence-electron chi connectivity index (χ4n) is 3.58. The van der Waals surface area contributed by atoms with E-state index in [0.717, 1.165) is 11.4 Å². The Balaban J connectivity index is 1.43. The summed E-state index contributed by atoms with van der Waals surface area (Å²) in [6.45, 7) is 4.94. The van der Waals surface area contributed by atoms with Gasteiger partial charge in [-0.05, 0) is 35.7 Å². The summed E-state index contributed by atoms with van der Waals surface area (Å²) < 4.78 is 5.84. The predicted molar refractivity (Wildman–Crippen MR) is 123 cm³/mol. The van der Waals surface area contributed by atoms with Crippen LogP contribution in [0.25, 0.3) is 0 Å². The summed E-state index contributed by atoms with van der Waals surface area (Å²) in [7, 11) is 0. The molecule has 2 heterocycles. The van der Waals surface area contributed by atoms with Crippen molar-refractivity contribution in [3.8, 4) is 5.75 Å². The van der Waals surface area contributed by atoms with Crippen LogP contribution in [0.4, 0.5) is 11.4 Å². The van der Waals surface area contributed by atoms with Gasteiger partial charge in [0.05, 0.1) is 22.8 Å². The molecule has 2 amide bonds. The van der Waals surface area contributed by atoms with Gasteiger partial charge in [0.2, 0.25) is 11.8 Å². The molecule has 0 spiro atoms. The number of rotatable bonds is 7. The zero-order valence-corrected chi connectivity index (χ0v) is 18.4. The lowest BCUT2D eigenvalue weighted by Gasteiger charge is -2.19. The molecule has 1 fully saturated rings. The number of hydrogen-bond acceptors (Lipinski definition) is 5. The van der Waals surface area contributed by atoms with E-state index in [9.17, 15) is 9.59 Å². The zero-order valence-electron chi connectivity index (χ0n) is 17.6. The van der Waals surface area contributed by atoms with Gasteiger partial charge in [-0.1, -0.05) is 38.1 Å². The Morgan fingerprint density at radius 3 is 2.87 bits per heavy atom. The summed E-state index contributed by atoms with van der Waals surface area (Å²) in [6.07, 6.45) is 0.194. The van der Waals surface area contributed by atoms with Crippen molar-refractivity contribution in [1.82, 2.24) is 4.98 Å². The highest BCUT2D eigenvalue weighted by Crippen LogP contribution is 2.30. The fraction of sp³-hybridized carbons (Fsp3) is 0.292. The molecule has 6 nitrogen and oxygen atoms in total. The van der Waals surface area contributed by atoms with Gasteiger partial charge < -0.3 is 15.0 Å². The molecule has 1 aliphatic rings. The lowest BCUT2D eigenvalue weighted by atomic mass is 10.0. The van der Waals surface area contributed by atoms with Crippen LogP contribution in [0, 0.1) is 5.92 Å². The van der Waals surface area contributed by atoms with E-state index in [1.807, 2.05) is 41.8 Å². The second kappa shape index (κ2) is 9.31. The van der Waals surface area contributed by atoms with Crippen molar-refractivity contribution in [2.75, 3.05) is 16.8 Å². The fourth-order valence-corrected chi connectivity index (χ4v) is 4.12. The summed E-state index contributed by atoms with van der Waals surface area (Å²) >= 11 is 1.51. The smallest absolute Gasteiger partial charge is 0.229 e. The molecule has 0 bridgehead atoms. The van der Waals surface area contributed by atoms with Gasteiger partial charge in [0, 0.05) is 24.0 Å². The molecule has 160 valence electrons. The lowest BCUT2D eigenvalue weighted by Crippen LogP contribution is -2.28. The van der Waals surface area contributed by atoms with Crippen LogP contribution < -0.4 is 15.0 Å². The zero-order chi connectivity index (χ0) is 21.8. The van der Waals surface area contributed by atoms with E-state index in [1.165, 1.54) is 16.9 Å². The van der Waals surface area contributed by atoms with Crippen LogP contribution in [0.1, 0.15) is 37.4 Å². The number of nitrogens with one attached hydrogen (secondary N) is 1. The minimum atomic E-state index is -0.415. The number of aromatic nitrogens is 1. The number of nitrogens with zero attached hydrogens (tertiary/aromatic N) is 2. The highest BCUT2D eigenvalue weighted by atomic mass is 32.1. The van der Waals surface area contributed by atoms with Crippen LogP contribution in [0.3, 0.4) is 0 Å². The van der Waals surface area contributed by atoms with Crippen LogP contribution in [-0.2, 0) is 16.2 Å². The quantitative estimate of drug-likeness (QED) is 0.577. The second-order valence-electron chi connectivity index (χ2n) is 7.91. The first-order valence-corrected chi connectivity index (χ1v) is 11.3. The first-order chi connectivity index (χ1) is 15.0. The summed E-state index contributed by atoms with van der Waals surface area (Å²) in [6, 6.07) is 15.3. The number of carbonyl (C=O) groups is 2.